The fourth-order valence-corrected chi connectivity index (χ4v) is 0.724. The molecule has 12 heavy (non-hydrogen) atoms. The van der Waals surface area contributed by atoms with Crippen LogP contribution in [0.3, 0.4) is 0 Å². The van der Waals surface area contributed by atoms with E-state index in [-0.39, 0.29) is 0 Å². The van der Waals surface area contributed by atoms with Crippen LogP contribution in [-0.2, 0) is 6.54 Å². The lowest BCUT2D eigenvalue weighted by Crippen LogP contribution is -1.94. The average molecular weight is 165 g/mol. The van der Waals surface area contributed by atoms with E-state index in [1.54, 1.807) is 0 Å². The van der Waals surface area contributed by atoms with Crippen molar-refractivity contribution in [3.05, 3.63) is 35.4 Å². The topological polar surface area (TPSA) is 26.0 Å². The van der Waals surface area contributed by atoms with Crippen molar-refractivity contribution in [2.24, 2.45) is 5.73 Å². The standard InChI is InChI=1S/C8H11N.C3H8/c1-7-2-4-8(6-9)5-3-7;1-3-2/h2-5H,6,9H2,1H3;3H2,1-2H3. The molecule has 0 aliphatic rings. The van der Waals surface area contributed by atoms with Gasteiger partial charge in [0, 0.05) is 6.54 Å². The second-order valence-corrected chi connectivity index (χ2v) is 2.90. The lowest BCUT2D eigenvalue weighted by Gasteiger charge is -1.94. The highest BCUT2D eigenvalue weighted by Gasteiger charge is 1.84. The molecular weight excluding hydrogens is 146 g/mol. The molecule has 0 bridgehead atoms. The van der Waals surface area contributed by atoms with Gasteiger partial charge in [0.15, 0.2) is 0 Å². The Morgan fingerprint density at radius 1 is 1.08 bits per heavy atom. The van der Waals surface area contributed by atoms with Crippen LogP contribution < -0.4 is 5.73 Å². The normalized spacial score (nSPS) is 8.67. The molecule has 0 atom stereocenters. The van der Waals surface area contributed by atoms with Gasteiger partial charge in [-0.3, -0.25) is 0 Å². The lowest BCUT2D eigenvalue weighted by molar-refractivity contribution is 1.07. The predicted molar refractivity (Wildman–Crippen MR) is 55.0 cm³/mol. The van der Waals surface area contributed by atoms with E-state index in [9.17, 15) is 0 Å². The van der Waals surface area contributed by atoms with Crippen LogP contribution in [0.4, 0.5) is 0 Å². The van der Waals surface area contributed by atoms with Crippen LogP contribution in [-0.4, -0.2) is 0 Å². The SMILES string of the molecule is CCC.Cc1ccc(CN)cc1. The molecule has 0 amide bonds. The molecule has 68 valence electrons. The van der Waals surface area contributed by atoms with Crippen LogP contribution in [0.2, 0.25) is 0 Å². The van der Waals surface area contributed by atoms with Crippen LogP contribution in [0.1, 0.15) is 31.4 Å². The third kappa shape index (κ3) is 4.91. The molecule has 0 unspecified atom stereocenters. The van der Waals surface area contributed by atoms with Crippen LogP contribution in [0.15, 0.2) is 24.3 Å². The number of hydrogen-bond acceptors (Lipinski definition) is 1. The van der Waals surface area contributed by atoms with E-state index >= 15 is 0 Å². The molecule has 0 saturated heterocycles. The minimum absolute atomic E-state index is 0.639. The van der Waals surface area contributed by atoms with E-state index < -0.39 is 0 Å². The number of benzene rings is 1. The molecule has 0 aromatic heterocycles. The Morgan fingerprint density at radius 3 is 1.83 bits per heavy atom. The predicted octanol–water partition coefficient (Wildman–Crippen LogP) is 2.87. The maximum atomic E-state index is 5.40. The first-order chi connectivity index (χ1) is 5.74. The smallest absolute Gasteiger partial charge is 0.0178 e. The molecule has 1 rings (SSSR count). The van der Waals surface area contributed by atoms with Crippen molar-refractivity contribution in [2.75, 3.05) is 0 Å². The third-order valence-electron chi connectivity index (χ3n) is 1.36. The third-order valence-corrected chi connectivity index (χ3v) is 1.36. The van der Waals surface area contributed by atoms with E-state index in [0.29, 0.717) is 6.54 Å². The molecule has 0 spiro atoms. The van der Waals surface area contributed by atoms with Gasteiger partial charge in [-0.05, 0) is 12.5 Å². The van der Waals surface area contributed by atoms with Crippen molar-refractivity contribution in [1.82, 2.24) is 0 Å². The van der Waals surface area contributed by atoms with Crippen molar-refractivity contribution in [3.63, 3.8) is 0 Å². The van der Waals surface area contributed by atoms with Crippen LogP contribution in [0.5, 0.6) is 0 Å². The summed E-state index contributed by atoms with van der Waals surface area (Å²) in [6, 6.07) is 8.25. The van der Waals surface area contributed by atoms with E-state index in [0.717, 1.165) is 0 Å². The van der Waals surface area contributed by atoms with Crippen molar-refractivity contribution in [1.29, 1.82) is 0 Å². The van der Waals surface area contributed by atoms with Gasteiger partial charge in [0.05, 0.1) is 0 Å². The maximum absolute atomic E-state index is 5.40. The summed E-state index contributed by atoms with van der Waals surface area (Å²) in [6.07, 6.45) is 1.25. The molecule has 1 aromatic rings. The summed E-state index contributed by atoms with van der Waals surface area (Å²) in [5, 5.41) is 0. The fraction of sp³-hybridized carbons (Fsp3) is 0.455. The summed E-state index contributed by atoms with van der Waals surface area (Å²) in [5.74, 6) is 0. The largest absolute Gasteiger partial charge is 0.326 e. The molecule has 0 fully saturated rings. The first-order valence-corrected chi connectivity index (χ1v) is 4.50. The van der Waals surface area contributed by atoms with Crippen molar-refractivity contribution in [3.8, 4) is 0 Å². The van der Waals surface area contributed by atoms with Gasteiger partial charge in [0.1, 0.15) is 0 Å². The van der Waals surface area contributed by atoms with E-state index in [2.05, 4.69) is 45.0 Å². The first kappa shape index (κ1) is 11.2. The second kappa shape index (κ2) is 6.86. The Hall–Kier alpha value is -0.820. The molecule has 2 N–H and O–H groups in total. The number of nitrogens with two attached hydrogens (primary N) is 1. The van der Waals surface area contributed by atoms with Crippen LogP contribution in [0.25, 0.3) is 0 Å². The Labute approximate surface area is 75.6 Å². The Bertz CT molecular complexity index is 189. The highest BCUT2D eigenvalue weighted by Crippen LogP contribution is 2.00. The zero-order valence-electron chi connectivity index (χ0n) is 8.30. The van der Waals surface area contributed by atoms with Crippen molar-refractivity contribution in [2.45, 2.75) is 33.7 Å². The van der Waals surface area contributed by atoms with Gasteiger partial charge >= 0.3 is 0 Å². The lowest BCUT2D eigenvalue weighted by atomic mass is 10.2. The monoisotopic (exact) mass is 165 g/mol. The molecular formula is C11H19N. The average Bonchev–Trinajstić information content (AvgIpc) is 2.07. The summed E-state index contributed by atoms with van der Waals surface area (Å²) < 4.78 is 0. The second-order valence-electron chi connectivity index (χ2n) is 2.90. The van der Waals surface area contributed by atoms with Crippen molar-refractivity contribution >= 4 is 0 Å². The molecule has 1 aromatic carbocycles. The van der Waals surface area contributed by atoms with E-state index in [1.165, 1.54) is 17.5 Å². The van der Waals surface area contributed by atoms with Gasteiger partial charge in [0.25, 0.3) is 0 Å². The fourth-order valence-electron chi connectivity index (χ4n) is 0.724. The zero-order valence-corrected chi connectivity index (χ0v) is 8.30. The molecule has 0 saturated carbocycles. The van der Waals surface area contributed by atoms with E-state index in [1.807, 2.05) is 0 Å². The van der Waals surface area contributed by atoms with Crippen molar-refractivity contribution < 1.29 is 0 Å². The summed E-state index contributed by atoms with van der Waals surface area (Å²) >= 11 is 0. The Morgan fingerprint density at radius 2 is 1.50 bits per heavy atom. The van der Waals surface area contributed by atoms with E-state index in [4.69, 9.17) is 5.73 Å². The molecule has 0 radical (unpaired) electrons. The molecule has 0 aliphatic carbocycles. The van der Waals surface area contributed by atoms with Crippen LogP contribution >= 0.6 is 0 Å². The molecule has 0 heterocycles. The van der Waals surface area contributed by atoms with Gasteiger partial charge in [-0.1, -0.05) is 50.1 Å². The summed E-state index contributed by atoms with van der Waals surface area (Å²) in [6.45, 7) is 6.96. The van der Waals surface area contributed by atoms with Crippen LogP contribution in [0, 0.1) is 6.92 Å². The molecule has 0 aliphatic heterocycles. The number of rotatable bonds is 1. The first-order valence-electron chi connectivity index (χ1n) is 4.50. The number of aryl methyl sites for hydroxylation is 1. The summed E-state index contributed by atoms with van der Waals surface area (Å²) in [4.78, 5) is 0. The van der Waals surface area contributed by atoms with Gasteiger partial charge in [-0.2, -0.15) is 0 Å². The van der Waals surface area contributed by atoms with Gasteiger partial charge in [-0.15, -0.1) is 0 Å². The summed E-state index contributed by atoms with van der Waals surface area (Å²) in [5.41, 5.74) is 7.88. The molecule has 1 heteroatoms. The summed E-state index contributed by atoms with van der Waals surface area (Å²) in [7, 11) is 0. The van der Waals surface area contributed by atoms with Gasteiger partial charge in [-0.25, -0.2) is 0 Å². The highest BCUT2D eigenvalue weighted by atomic mass is 14.5. The maximum Gasteiger partial charge on any atom is 0.0178 e. The minimum Gasteiger partial charge on any atom is -0.326 e. The van der Waals surface area contributed by atoms with Gasteiger partial charge in [0.2, 0.25) is 0 Å². The quantitative estimate of drug-likeness (QED) is 0.680. The minimum atomic E-state index is 0.639. The van der Waals surface area contributed by atoms with Gasteiger partial charge < -0.3 is 5.73 Å². The zero-order chi connectivity index (χ0) is 9.40. The number of hydrogen-bond donors (Lipinski definition) is 1. The highest BCUT2D eigenvalue weighted by molar-refractivity contribution is 5.20. The molecule has 1 nitrogen and oxygen atoms in total. The Kier molecular flexibility index (Phi) is 6.39. The Balaban J connectivity index is 0.000000354.